The molecule has 0 aromatic heterocycles. The zero-order valence-electron chi connectivity index (χ0n) is 37.7. The summed E-state index contributed by atoms with van der Waals surface area (Å²) >= 11 is 0. The molecule has 0 radical (unpaired) electrons. The van der Waals surface area contributed by atoms with Crippen molar-refractivity contribution in [1.82, 2.24) is 0 Å². The number of carbonyl (C=O) groups excluding carboxylic acids is 3. The van der Waals surface area contributed by atoms with E-state index in [1.165, 1.54) is 154 Å². The lowest BCUT2D eigenvalue weighted by molar-refractivity contribution is -0.167. The Morgan fingerprint density at radius 2 is 0.649 bits per heavy atom. The normalized spacial score (nSPS) is 12.4. The summed E-state index contributed by atoms with van der Waals surface area (Å²) in [5.74, 6) is -0.986. The van der Waals surface area contributed by atoms with Crippen LogP contribution in [-0.4, -0.2) is 60.1 Å². The SMILES string of the molecule is CCCCCCCCCCCCCCCCCC(=O)OCC(COC(=O)CCCCCCC[C@H](O)CO)OC(=O)CCCCCCCCCCCCCCCCC. The Morgan fingerprint density at radius 3 is 0.947 bits per heavy atom. The first-order chi connectivity index (χ1) is 27.9. The van der Waals surface area contributed by atoms with Gasteiger partial charge in [0.1, 0.15) is 13.2 Å². The molecule has 0 bridgehead atoms. The Balaban J connectivity index is 4.28. The second-order valence-corrected chi connectivity index (χ2v) is 17.0. The molecule has 0 saturated carbocycles. The number of unbranched alkanes of at least 4 members (excludes halogenated alkanes) is 32. The van der Waals surface area contributed by atoms with Gasteiger partial charge in [0.15, 0.2) is 6.10 Å². The van der Waals surface area contributed by atoms with E-state index in [4.69, 9.17) is 19.3 Å². The van der Waals surface area contributed by atoms with Crippen LogP contribution in [0.3, 0.4) is 0 Å². The van der Waals surface area contributed by atoms with Gasteiger partial charge < -0.3 is 24.4 Å². The number of carbonyl (C=O) groups is 3. The number of hydrogen-bond donors (Lipinski definition) is 2. The first-order valence-electron chi connectivity index (χ1n) is 24.7. The Hall–Kier alpha value is -1.67. The number of esters is 3. The van der Waals surface area contributed by atoms with Crippen LogP contribution in [0.4, 0.5) is 0 Å². The number of rotatable bonds is 46. The summed E-state index contributed by atoms with van der Waals surface area (Å²) in [6.45, 7) is 4.11. The predicted molar refractivity (Wildman–Crippen MR) is 236 cm³/mol. The zero-order chi connectivity index (χ0) is 41.7. The smallest absolute Gasteiger partial charge is 0.306 e. The standard InChI is InChI=1S/C49H94O8/c1-3-5-7-9-11-13-15-17-19-21-23-25-27-31-35-39-47(52)55-43-46(44-56-48(53)40-36-33-29-30-34-38-45(51)42-50)57-49(54)41-37-32-28-26-24-22-20-18-16-14-12-10-8-6-4-2/h45-46,50-51H,3-44H2,1-2H3/t45-,46?/m0/s1. The molecular weight excluding hydrogens is 717 g/mol. The zero-order valence-corrected chi connectivity index (χ0v) is 37.7. The molecule has 0 amide bonds. The van der Waals surface area contributed by atoms with Gasteiger partial charge in [-0.3, -0.25) is 14.4 Å². The summed E-state index contributed by atoms with van der Waals surface area (Å²) in [7, 11) is 0. The third-order valence-corrected chi connectivity index (χ3v) is 11.3. The lowest BCUT2D eigenvalue weighted by atomic mass is 10.0. The maximum atomic E-state index is 12.7. The molecule has 2 atom stereocenters. The second kappa shape index (κ2) is 45.4. The number of aliphatic hydroxyl groups is 2. The minimum Gasteiger partial charge on any atom is -0.462 e. The fourth-order valence-corrected chi connectivity index (χ4v) is 7.43. The Kier molecular flexibility index (Phi) is 44.1. The molecule has 8 heteroatoms. The molecule has 0 rings (SSSR count). The van der Waals surface area contributed by atoms with E-state index in [-0.39, 0.29) is 44.1 Å². The van der Waals surface area contributed by atoms with Gasteiger partial charge >= 0.3 is 17.9 Å². The van der Waals surface area contributed by atoms with Crippen molar-refractivity contribution in [2.75, 3.05) is 19.8 Å². The van der Waals surface area contributed by atoms with Crippen LogP contribution < -0.4 is 0 Å². The summed E-state index contributed by atoms with van der Waals surface area (Å²) in [5.41, 5.74) is 0. The van der Waals surface area contributed by atoms with Crippen molar-refractivity contribution in [2.45, 2.75) is 276 Å². The van der Waals surface area contributed by atoms with Crippen molar-refractivity contribution in [1.29, 1.82) is 0 Å². The first-order valence-corrected chi connectivity index (χ1v) is 24.7. The highest BCUT2D eigenvalue weighted by Gasteiger charge is 2.19. The van der Waals surface area contributed by atoms with Crippen molar-refractivity contribution in [3.8, 4) is 0 Å². The summed E-state index contributed by atoms with van der Waals surface area (Å²) in [6.07, 6.45) is 42.3. The molecule has 0 heterocycles. The molecule has 1 unspecified atom stereocenters. The molecule has 0 aliphatic rings. The van der Waals surface area contributed by atoms with E-state index >= 15 is 0 Å². The topological polar surface area (TPSA) is 119 Å². The van der Waals surface area contributed by atoms with Crippen molar-refractivity contribution in [2.24, 2.45) is 0 Å². The van der Waals surface area contributed by atoms with Gasteiger partial charge in [-0.25, -0.2) is 0 Å². The number of aliphatic hydroxyl groups excluding tert-OH is 2. The van der Waals surface area contributed by atoms with Gasteiger partial charge in [-0.1, -0.05) is 219 Å². The largest absolute Gasteiger partial charge is 0.462 e. The van der Waals surface area contributed by atoms with Crippen molar-refractivity contribution >= 4 is 17.9 Å². The van der Waals surface area contributed by atoms with Crippen LogP contribution in [0.2, 0.25) is 0 Å². The monoisotopic (exact) mass is 811 g/mol. The van der Waals surface area contributed by atoms with E-state index in [9.17, 15) is 19.5 Å². The highest BCUT2D eigenvalue weighted by atomic mass is 16.6. The van der Waals surface area contributed by atoms with Crippen molar-refractivity contribution in [3.05, 3.63) is 0 Å². The van der Waals surface area contributed by atoms with E-state index in [2.05, 4.69) is 13.8 Å². The molecule has 57 heavy (non-hydrogen) atoms. The van der Waals surface area contributed by atoms with Gasteiger partial charge in [0, 0.05) is 19.3 Å². The lowest BCUT2D eigenvalue weighted by Crippen LogP contribution is -2.30. The highest BCUT2D eigenvalue weighted by Crippen LogP contribution is 2.16. The molecule has 338 valence electrons. The van der Waals surface area contributed by atoms with Crippen molar-refractivity contribution in [3.63, 3.8) is 0 Å². The van der Waals surface area contributed by atoms with Gasteiger partial charge in [-0.15, -0.1) is 0 Å². The van der Waals surface area contributed by atoms with Crippen LogP contribution >= 0.6 is 0 Å². The van der Waals surface area contributed by atoms with E-state index in [0.29, 0.717) is 25.7 Å². The predicted octanol–water partition coefficient (Wildman–Crippen LogP) is 13.6. The maximum absolute atomic E-state index is 12.7. The molecule has 0 fully saturated rings. The van der Waals surface area contributed by atoms with Crippen LogP contribution in [0.5, 0.6) is 0 Å². The Morgan fingerprint density at radius 1 is 0.386 bits per heavy atom. The fourth-order valence-electron chi connectivity index (χ4n) is 7.43. The van der Waals surface area contributed by atoms with Crippen LogP contribution in [0.25, 0.3) is 0 Å². The molecule has 0 aromatic rings. The van der Waals surface area contributed by atoms with Gasteiger partial charge in [0.2, 0.25) is 0 Å². The molecule has 0 spiro atoms. The average Bonchev–Trinajstić information content (AvgIpc) is 3.21. The summed E-state index contributed by atoms with van der Waals surface area (Å²) < 4.78 is 16.6. The summed E-state index contributed by atoms with van der Waals surface area (Å²) in [6, 6.07) is 0. The summed E-state index contributed by atoms with van der Waals surface area (Å²) in [4.78, 5) is 37.7. The van der Waals surface area contributed by atoms with E-state index in [1.54, 1.807) is 0 Å². The molecular formula is C49H94O8. The molecule has 0 saturated heterocycles. The quantitative estimate of drug-likeness (QED) is 0.0354. The van der Waals surface area contributed by atoms with Crippen LogP contribution in [0.15, 0.2) is 0 Å². The van der Waals surface area contributed by atoms with Gasteiger partial charge in [0.05, 0.1) is 12.7 Å². The Labute approximate surface area is 352 Å². The summed E-state index contributed by atoms with van der Waals surface area (Å²) in [5, 5.41) is 18.4. The molecule has 0 aliphatic heterocycles. The van der Waals surface area contributed by atoms with Gasteiger partial charge in [0.25, 0.3) is 0 Å². The third-order valence-electron chi connectivity index (χ3n) is 11.3. The molecule has 0 aromatic carbocycles. The number of hydrogen-bond acceptors (Lipinski definition) is 8. The van der Waals surface area contributed by atoms with Gasteiger partial charge in [-0.05, 0) is 25.7 Å². The minimum atomic E-state index is -0.805. The van der Waals surface area contributed by atoms with Crippen LogP contribution in [0.1, 0.15) is 264 Å². The molecule has 8 nitrogen and oxygen atoms in total. The number of ether oxygens (including phenoxy) is 3. The minimum absolute atomic E-state index is 0.102. The van der Waals surface area contributed by atoms with Gasteiger partial charge in [-0.2, -0.15) is 0 Å². The average molecular weight is 811 g/mol. The maximum Gasteiger partial charge on any atom is 0.306 e. The fraction of sp³-hybridized carbons (Fsp3) is 0.939. The van der Waals surface area contributed by atoms with E-state index in [0.717, 1.165) is 64.2 Å². The first kappa shape index (κ1) is 55.3. The van der Waals surface area contributed by atoms with E-state index < -0.39 is 12.2 Å². The highest BCUT2D eigenvalue weighted by molar-refractivity contribution is 5.71. The van der Waals surface area contributed by atoms with Crippen molar-refractivity contribution < 1.29 is 38.8 Å². The van der Waals surface area contributed by atoms with E-state index in [1.807, 2.05) is 0 Å². The Bertz CT molecular complexity index is 864. The second-order valence-electron chi connectivity index (χ2n) is 17.0. The lowest BCUT2D eigenvalue weighted by Gasteiger charge is -2.18. The molecule has 0 aliphatic carbocycles. The third kappa shape index (κ3) is 43.7. The van der Waals surface area contributed by atoms with Crippen LogP contribution in [-0.2, 0) is 28.6 Å². The molecule has 2 N–H and O–H groups in total. The van der Waals surface area contributed by atoms with Crippen LogP contribution in [0, 0.1) is 0 Å².